The predicted octanol–water partition coefficient (Wildman–Crippen LogP) is 1.72. The van der Waals surface area contributed by atoms with Crippen LogP contribution in [0.15, 0.2) is 24.3 Å². The average Bonchev–Trinajstić information content (AvgIpc) is 2.48. The molecule has 3 rings (SSSR count). The third kappa shape index (κ3) is 2.78. The molecule has 21 heavy (non-hydrogen) atoms. The number of hydrogen-bond donors (Lipinski definition) is 2. The average molecular weight is 283 g/mol. The normalized spacial score (nSPS) is 13.8. The zero-order valence-corrected chi connectivity index (χ0v) is 11.9. The van der Waals surface area contributed by atoms with E-state index in [0.29, 0.717) is 18.8 Å². The molecule has 0 bridgehead atoms. The number of carboxylic acids is 1. The van der Waals surface area contributed by atoms with Gasteiger partial charge in [0.2, 0.25) is 0 Å². The molecule has 0 fully saturated rings. The monoisotopic (exact) mass is 283 g/mol. The topological polar surface area (TPSA) is 75.1 Å². The van der Waals surface area contributed by atoms with E-state index in [9.17, 15) is 9.90 Å². The minimum atomic E-state index is -0.983. The molecule has 2 N–H and O–H groups in total. The first kappa shape index (κ1) is 13.7. The van der Waals surface area contributed by atoms with Gasteiger partial charge in [-0.1, -0.05) is 24.3 Å². The smallest absolute Gasteiger partial charge is 0.354 e. The molecule has 5 nitrogen and oxygen atoms in total. The lowest BCUT2D eigenvalue weighted by Crippen LogP contribution is -2.28. The SMILES string of the molecule is Cc1ccccc1Cc1nc2c(c(C(=O)O)n1)CNCC2. The van der Waals surface area contributed by atoms with Gasteiger partial charge < -0.3 is 10.4 Å². The lowest BCUT2D eigenvalue weighted by atomic mass is 10.0. The second-order valence-electron chi connectivity index (χ2n) is 5.25. The van der Waals surface area contributed by atoms with Gasteiger partial charge >= 0.3 is 5.97 Å². The number of nitrogens with zero attached hydrogens (tertiary/aromatic N) is 2. The molecule has 0 spiro atoms. The molecule has 1 aliphatic rings. The number of fused-ring (bicyclic) bond motifs is 1. The molecule has 2 heterocycles. The second kappa shape index (κ2) is 5.61. The number of aromatic nitrogens is 2. The van der Waals surface area contributed by atoms with Gasteiger partial charge in [0.15, 0.2) is 5.69 Å². The number of carboxylic acid groups (broad SMARTS) is 1. The molecule has 0 unspecified atom stereocenters. The first-order valence-corrected chi connectivity index (χ1v) is 7.02. The highest BCUT2D eigenvalue weighted by atomic mass is 16.4. The highest BCUT2D eigenvalue weighted by Crippen LogP contribution is 2.18. The zero-order chi connectivity index (χ0) is 14.8. The lowest BCUT2D eigenvalue weighted by Gasteiger charge is -2.18. The summed E-state index contributed by atoms with van der Waals surface area (Å²) in [5.74, 6) is -0.397. The Bertz CT molecular complexity index is 698. The Morgan fingerprint density at radius 2 is 2.14 bits per heavy atom. The molecule has 0 saturated heterocycles. The van der Waals surface area contributed by atoms with Crippen LogP contribution in [0.25, 0.3) is 0 Å². The fraction of sp³-hybridized carbons (Fsp3) is 0.312. The maximum Gasteiger partial charge on any atom is 0.354 e. The zero-order valence-electron chi connectivity index (χ0n) is 11.9. The highest BCUT2D eigenvalue weighted by Gasteiger charge is 2.21. The Hall–Kier alpha value is -2.27. The summed E-state index contributed by atoms with van der Waals surface area (Å²) in [6, 6.07) is 8.03. The molecule has 0 radical (unpaired) electrons. The van der Waals surface area contributed by atoms with Gasteiger partial charge in [-0.25, -0.2) is 14.8 Å². The molecule has 1 aromatic heterocycles. The number of benzene rings is 1. The van der Waals surface area contributed by atoms with Crippen LogP contribution < -0.4 is 5.32 Å². The fourth-order valence-electron chi connectivity index (χ4n) is 2.63. The van der Waals surface area contributed by atoms with E-state index in [0.717, 1.165) is 35.3 Å². The molecule has 1 aromatic carbocycles. The fourth-order valence-corrected chi connectivity index (χ4v) is 2.63. The van der Waals surface area contributed by atoms with E-state index >= 15 is 0 Å². The van der Waals surface area contributed by atoms with Crippen LogP contribution in [0.4, 0.5) is 0 Å². The van der Waals surface area contributed by atoms with Crippen LogP contribution in [-0.4, -0.2) is 27.6 Å². The summed E-state index contributed by atoms with van der Waals surface area (Å²) in [4.78, 5) is 20.3. The Kier molecular flexibility index (Phi) is 3.66. The van der Waals surface area contributed by atoms with Crippen LogP contribution in [0, 0.1) is 6.92 Å². The Balaban J connectivity index is 2.01. The van der Waals surface area contributed by atoms with Crippen LogP contribution in [0.5, 0.6) is 0 Å². The Morgan fingerprint density at radius 1 is 1.33 bits per heavy atom. The summed E-state index contributed by atoms with van der Waals surface area (Å²) in [6.07, 6.45) is 1.31. The summed E-state index contributed by atoms with van der Waals surface area (Å²) in [5.41, 5.74) is 4.02. The first-order chi connectivity index (χ1) is 10.1. The molecule has 5 heteroatoms. The van der Waals surface area contributed by atoms with Crippen molar-refractivity contribution in [1.29, 1.82) is 0 Å². The summed E-state index contributed by atoms with van der Waals surface area (Å²) in [5, 5.41) is 12.5. The lowest BCUT2D eigenvalue weighted by molar-refractivity contribution is 0.0688. The van der Waals surface area contributed by atoms with Crippen molar-refractivity contribution >= 4 is 5.97 Å². The molecule has 0 amide bonds. The van der Waals surface area contributed by atoms with Crippen LogP contribution in [0.3, 0.4) is 0 Å². The largest absolute Gasteiger partial charge is 0.476 e. The molecule has 1 aliphatic heterocycles. The van der Waals surface area contributed by atoms with Gasteiger partial charge in [0.1, 0.15) is 5.82 Å². The molecule has 0 aliphatic carbocycles. The van der Waals surface area contributed by atoms with Gasteiger partial charge in [-0.2, -0.15) is 0 Å². The predicted molar refractivity (Wildman–Crippen MR) is 78.4 cm³/mol. The molecular weight excluding hydrogens is 266 g/mol. The molecule has 108 valence electrons. The summed E-state index contributed by atoms with van der Waals surface area (Å²) in [6.45, 7) is 3.39. The van der Waals surface area contributed by atoms with E-state index in [2.05, 4.69) is 15.3 Å². The standard InChI is InChI=1S/C16H17N3O2/c1-10-4-2-3-5-11(10)8-14-18-13-6-7-17-9-12(13)15(19-14)16(20)21/h2-5,17H,6-9H2,1H3,(H,20,21). The van der Waals surface area contributed by atoms with E-state index in [4.69, 9.17) is 0 Å². The van der Waals surface area contributed by atoms with Gasteiger partial charge in [-0.3, -0.25) is 0 Å². The van der Waals surface area contributed by atoms with E-state index in [-0.39, 0.29) is 5.69 Å². The van der Waals surface area contributed by atoms with Gasteiger partial charge in [-0.05, 0) is 18.1 Å². The summed E-state index contributed by atoms with van der Waals surface area (Å²) < 4.78 is 0. The summed E-state index contributed by atoms with van der Waals surface area (Å²) in [7, 11) is 0. The van der Waals surface area contributed by atoms with Crippen molar-refractivity contribution in [1.82, 2.24) is 15.3 Å². The van der Waals surface area contributed by atoms with Gasteiger partial charge in [0.25, 0.3) is 0 Å². The van der Waals surface area contributed by atoms with E-state index in [1.54, 1.807) is 0 Å². The molecular formula is C16H17N3O2. The Morgan fingerprint density at radius 3 is 2.90 bits per heavy atom. The van der Waals surface area contributed by atoms with Gasteiger partial charge in [-0.15, -0.1) is 0 Å². The molecule has 0 saturated carbocycles. The maximum absolute atomic E-state index is 11.4. The van der Waals surface area contributed by atoms with E-state index in [1.807, 2.05) is 31.2 Å². The van der Waals surface area contributed by atoms with Crippen LogP contribution >= 0.6 is 0 Å². The Labute approximate surface area is 123 Å². The van der Waals surface area contributed by atoms with Crippen molar-refractivity contribution < 1.29 is 9.90 Å². The number of rotatable bonds is 3. The van der Waals surface area contributed by atoms with Crippen LogP contribution in [-0.2, 0) is 19.4 Å². The number of carbonyl (C=O) groups is 1. The number of aromatic carboxylic acids is 1. The number of hydrogen-bond acceptors (Lipinski definition) is 4. The van der Waals surface area contributed by atoms with Crippen molar-refractivity contribution in [3.05, 3.63) is 58.2 Å². The van der Waals surface area contributed by atoms with Crippen molar-refractivity contribution in [3.63, 3.8) is 0 Å². The third-order valence-electron chi connectivity index (χ3n) is 3.79. The van der Waals surface area contributed by atoms with Crippen LogP contribution in [0.1, 0.15) is 38.7 Å². The number of aryl methyl sites for hydroxylation is 1. The maximum atomic E-state index is 11.4. The highest BCUT2D eigenvalue weighted by molar-refractivity contribution is 5.87. The minimum absolute atomic E-state index is 0.135. The van der Waals surface area contributed by atoms with Crippen molar-refractivity contribution in [2.24, 2.45) is 0 Å². The molecule has 0 atom stereocenters. The van der Waals surface area contributed by atoms with Crippen molar-refractivity contribution in [3.8, 4) is 0 Å². The second-order valence-corrected chi connectivity index (χ2v) is 5.25. The van der Waals surface area contributed by atoms with Crippen LogP contribution in [0.2, 0.25) is 0 Å². The van der Waals surface area contributed by atoms with Crippen molar-refractivity contribution in [2.75, 3.05) is 6.54 Å². The molecule has 2 aromatic rings. The van der Waals surface area contributed by atoms with Crippen molar-refractivity contribution in [2.45, 2.75) is 26.3 Å². The summed E-state index contributed by atoms with van der Waals surface area (Å²) >= 11 is 0. The van der Waals surface area contributed by atoms with Gasteiger partial charge in [0.05, 0.1) is 5.69 Å². The minimum Gasteiger partial charge on any atom is -0.476 e. The first-order valence-electron chi connectivity index (χ1n) is 7.02. The number of nitrogens with one attached hydrogen (secondary N) is 1. The quantitative estimate of drug-likeness (QED) is 0.897. The third-order valence-corrected chi connectivity index (χ3v) is 3.79. The van der Waals surface area contributed by atoms with E-state index in [1.165, 1.54) is 0 Å². The van der Waals surface area contributed by atoms with E-state index < -0.39 is 5.97 Å². The van der Waals surface area contributed by atoms with Gasteiger partial charge in [0, 0.05) is 31.5 Å².